The number of carbonyl (C=O) groups is 2. The van der Waals surface area contributed by atoms with Crippen LogP contribution in [0.3, 0.4) is 0 Å². The lowest BCUT2D eigenvalue weighted by atomic mass is 10.1. The van der Waals surface area contributed by atoms with Crippen LogP contribution in [-0.4, -0.2) is 48.0 Å². The average Bonchev–Trinajstić information content (AvgIpc) is 2.68. The molecule has 2 amide bonds. The maximum atomic E-state index is 12.5. The number of carbonyl (C=O) groups excluding carboxylic acids is 2. The molecule has 1 heterocycles. The molecule has 0 spiro atoms. The molecule has 29 heavy (non-hydrogen) atoms. The molecule has 0 radical (unpaired) electrons. The Balaban J connectivity index is 1.67. The fraction of sp³-hybridized carbons (Fsp3) is 0.286. The normalized spacial score (nSPS) is 13.8. The van der Waals surface area contributed by atoms with Crippen LogP contribution in [0, 0.1) is 6.92 Å². The highest BCUT2D eigenvalue weighted by Crippen LogP contribution is 2.26. The van der Waals surface area contributed by atoms with E-state index in [-0.39, 0.29) is 16.9 Å². The highest BCUT2D eigenvalue weighted by molar-refractivity contribution is 7.80. The molecule has 152 valence electrons. The molecule has 2 aromatic carbocycles. The highest BCUT2D eigenvalue weighted by atomic mass is 35.5. The third-order valence-electron chi connectivity index (χ3n) is 4.81. The summed E-state index contributed by atoms with van der Waals surface area (Å²) in [7, 11) is 0. The molecular weight excluding hydrogens is 408 g/mol. The number of anilines is 2. The first-order chi connectivity index (χ1) is 13.8. The molecule has 1 aliphatic rings. The van der Waals surface area contributed by atoms with Crippen LogP contribution < -0.4 is 15.5 Å². The number of hydrogen-bond acceptors (Lipinski definition) is 4. The molecular formula is C21H23ClN4O2S. The summed E-state index contributed by atoms with van der Waals surface area (Å²) in [6.07, 6.45) is 0. The number of halogens is 1. The van der Waals surface area contributed by atoms with Gasteiger partial charge in [-0.05, 0) is 49.0 Å². The predicted molar refractivity (Wildman–Crippen MR) is 121 cm³/mol. The molecule has 1 fully saturated rings. The van der Waals surface area contributed by atoms with Gasteiger partial charge in [-0.3, -0.25) is 14.9 Å². The number of thiocarbonyl (C=S) groups is 1. The van der Waals surface area contributed by atoms with E-state index in [1.807, 2.05) is 42.2 Å². The third-order valence-corrected chi connectivity index (χ3v) is 5.33. The van der Waals surface area contributed by atoms with Crippen LogP contribution in [0.2, 0.25) is 5.02 Å². The second-order valence-electron chi connectivity index (χ2n) is 6.90. The summed E-state index contributed by atoms with van der Waals surface area (Å²) in [5, 5.41) is 6.37. The van der Waals surface area contributed by atoms with Crippen molar-refractivity contribution in [3.63, 3.8) is 0 Å². The molecule has 1 saturated heterocycles. The van der Waals surface area contributed by atoms with Gasteiger partial charge in [-0.15, -0.1) is 0 Å². The van der Waals surface area contributed by atoms with Crippen LogP contribution in [-0.2, 0) is 4.79 Å². The zero-order valence-electron chi connectivity index (χ0n) is 16.4. The minimum atomic E-state index is -0.361. The van der Waals surface area contributed by atoms with E-state index in [2.05, 4.69) is 15.5 Å². The van der Waals surface area contributed by atoms with Gasteiger partial charge < -0.3 is 15.1 Å². The summed E-state index contributed by atoms with van der Waals surface area (Å²) in [5.41, 5.74) is 3.12. The number of amides is 2. The quantitative estimate of drug-likeness (QED) is 0.730. The van der Waals surface area contributed by atoms with E-state index >= 15 is 0 Å². The van der Waals surface area contributed by atoms with Gasteiger partial charge in [0, 0.05) is 33.1 Å². The van der Waals surface area contributed by atoms with E-state index in [0.29, 0.717) is 23.7 Å². The zero-order valence-corrected chi connectivity index (χ0v) is 17.9. The second kappa shape index (κ2) is 9.24. The van der Waals surface area contributed by atoms with Gasteiger partial charge in [0.25, 0.3) is 5.91 Å². The first-order valence-electron chi connectivity index (χ1n) is 9.33. The van der Waals surface area contributed by atoms with Crippen molar-refractivity contribution in [2.75, 3.05) is 36.4 Å². The summed E-state index contributed by atoms with van der Waals surface area (Å²) in [4.78, 5) is 28.1. The number of nitrogens with one attached hydrogen (secondary N) is 2. The zero-order chi connectivity index (χ0) is 21.0. The Morgan fingerprint density at radius 3 is 2.41 bits per heavy atom. The lowest BCUT2D eigenvalue weighted by Crippen LogP contribution is -2.48. The molecule has 2 N–H and O–H groups in total. The Morgan fingerprint density at radius 2 is 1.76 bits per heavy atom. The van der Waals surface area contributed by atoms with Crippen LogP contribution in [0.25, 0.3) is 0 Å². The Morgan fingerprint density at radius 1 is 1.07 bits per heavy atom. The Bertz CT molecular complexity index is 942. The first kappa shape index (κ1) is 21.1. The minimum absolute atomic E-state index is 0.0923. The SMILES string of the molecule is CC(=O)N1CCN(c2ccccc2NC(=S)NC(=O)c2ccc(C)cc2Cl)CC1. The monoisotopic (exact) mass is 430 g/mol. The van der Waals surface area contributed by atoms with Gasteiger partial charge in [0.2, 0.25) is 5.91 Å². The molecule has 3 rings (SSSR count). The topological polar surface area (TPSA) is 64.7 Å². The minimum Gasteiger partial charge on any atom is -0.366 e. The fourth-order valence-corrected chi connectivity index (χ4v) is 3.77. The molecule has 0 bridgehead atoms. The maximum absolute atomic E-state index is 12.5. The number of nitrogens with zero attached hydrogens (tertiary/aromatic N) is 2. The van der Waals surface area contributed by atoms with Gasteiger partial charge in [0.1, 0.15) is 0 Å². The van der Waals surface area contributed by atoms with Crippen molar-refractivity contribution in [3.05, 3.63) is 58.6 Å². The van der Waals surface area contributed by atoms with E-state index in [0.717, 1.165) is 30.0 Å². The van der Waals surface area contributed by atoms with Crippen molar-refractivity contribution in [2.45, 2.75) is 13.8 Å². The summed E-state index contributed by atoms with van der Waals surface area (Å²) < 4.78 is 0. The molecule has 0 aromatic heterocycles. The lowest BCUT2D eigenvalue weighted by Gasteiger charge is -2.36. The number of hydrogen-bond donors (Lipinski definition) is 2. The number of aryl methyl sites for hydroxylation is 1. The number of para-hydroxylation sites is 2. The second-order valence-corrected chi connectivity index (χ2v) is 7.72. The van der Waals surface area contributed by atoms with Crippen molar-refractivity contribution < 1.29 is 9.59 Å². The molecule has 0 saturated carbocycles. The Kier molecular flexibility index (Phi) is 6.71. The van der Waals surface area contributed by atoms with Gasteiger partial charge in [0.05, 0.1) is 22.0 Å². The molecule has 2 aromatic rings. The summed E-state index contributed by atoms with van der Waals surface area (Å²) in [6, 6.07) is 13.0. The maximum Gasteiger partial charge on any atom is 0.258 e. The Labute approximate surface area is 180 Å². The van der Waals surface area contributed by atoms with E-state index in [4.69, 9.17) is 23.8 Å². The summed E-state index contributed by atoms with van der Waals surface area (Å²) >= 11 is 11.5. The molecule has 1 aliphatic heterocycles. The molecule has 8 heteroatoms. The lowest BCUT2D eigenvalue weighted by molar-refractivity contribution is -0.129. The highest BCUT2D eigenvalue weighted by Gasteiger charge is 2.21. The van der Waals surface area contributed by atoms with Crippen LogP contribution in [0.5, 0.6) is 0 Å². The van der Waals surface area contributed by atoms with Gasteiger partial charge in [-0.25, -0.2) is 0 Å². The summed E-state index contributed by atoms with van der Waals surface area (Å²) in [6.45, 7) is 6.32. The number of piperazine rings is 1. The molecule has 0 atom stereocenters. The van der Waals surface area contributed by atoms with Crippen LogP contribution in [0.15, 0.2) is 42.5 Å². The van der Waals surface area contributed by atoms with Crippen LogP contribution in [0.4, 0.5) is 11.4 Å². The van der Waals surface area contributed by atoms with Crippen molar-refractivity contribution in [1.29, 1.82) is 0 Å². The van der Waals surface area contributed by atoms with Gasteiger partial charge in [0.15, 0.2) is 5.11 Å². The van der Waals surface area contributed by atoms with E-state index < -0.39 is 0 Å². The third kappa shape index (κ3) is 5.25. The van der Waals surface area contributed by atoms with Gasteiger partial charge >= 0.3 is 0 Å². The molecule has 0 aliphatic carbocycles. The summed E-state index contributed by atoms with van der Waals surface area (Å²) in [5.74, 6) is -0.269. The fourth-order valence-electron chi connectivity index (χ4n) is 3.25. The first-order valence-corrected chi connectivity index (χ1v) is 10.1. The number of benzene rings is 2. The Hall–Kier alpha value is -2.64. The smallest absolute Gasteiger partial charge is 0.258 e. The van der Waals surface area contributed by atoms with Crippen molar-refractivity contribution >= 4 is 52.1 Å². The number of rotatable bonds is 3. The standard InChI is InChI=1S/C21H23ClN4O2S/c1-14-7-8-16(17(22)13-14)20(28)24-21(29)23-18-5-3-4-6-19(18)26-11-9-25(10-12-26)15(2)27/h3-8,13H,9-12H2,1-2H3,(H2,23,24,28,29). The van der Waals surface area contributed by atoms with Gasteiger partial charge in [-0.2, -0.15) is 0 Å². The van der Waals surface area contributed by atoms with E-state index in [1.165, 1.54) is 0 Å². The molecule has 0 unspecified atom stereocenters. The van der Waals surface area contributed by atoms with Gasteiger partial charge in [-0.1, -0.05) is 29.8 Å². The van der Waals surface area contributed by atoms with Crippen LogP contribution >= 0.6 is 23.8 Å². The van der Waals surface area contributed by atoms with E-state index in [9.17, 15) is 9.59 Å². The van der Waals surface area contributed by atoms with Crippen molar-refractivity contribution in [3.8, 4) is 0 Å². The van der Waals surface area contributed by atoms with Crippen molar-refractivity contribution in [1.82, 2.24) is 10.2 Å². The van der Waals surface area contributed by atoms with E-state index in [1.54, 1.807) is 19.1 Å². The average molecular weight is 431 g/mol. The van der Waals surface area contributed by atoms with Crippen LogP contribution in [0.1, 0.15) is 22.8 Å². The van der Waals surface area contributed by atoms with Crippen molar-refractivity contribution in [2.24, 2.45) is 0 Å². The molecule has 6 nitrogen and oxygen atoms in total. The largest absolute Gasteiger partial charge is 0.366 e. The predicted octanol–water partition coefficient (Wildman–Crippen LogP) is 3.44.